The highest BCUT2D eigenvalue weighted by Gasteiger charge is 2.21. The van der Waals surface area contributed by atoms with E-state index in [4.69, 9.17) is 4.74 Å². The van der Waals surface area contributed by atoms with Crippen molar-refractivity contribution in [3.8, 4) is 0 Å². The molecule has 1 fully saturated rings. The summed E-state index contributed by atoms with van der Waals surface area (Å²) in [6.07, 6.45) is 2.39. The van der Waals surface area contributed by atoms with E-state index in [1.165, 1.54) is 5.56 Å². The SMILES string of the molecule is CC(C)COC1CCN(CC(=O)Nc2ccccc2C(C)C)CC1. The predicted molar refractivity (Wildman–Crippen MR) is 99.4 cm³/mol. The van der Waals surface area contributed by atoms with Crippen molar-refractivity contribution in [1.29, 1.82) is 0 Å². The standard InChI is InChI=1S/C20H32N2O2/c1-15(2)14-24-17-9-11-22(12-10-17)13-20(23)21-19-8-6-5-7-18(19)16(3)4/h5-8,15-17H,9-14H2,1-4H3,(H,21,23). The summed E-state index contributed by atoms with van der Waals surface area (Å²) in [4.78, 5) is 14.6. The number of rotatable bonds is 7. The Morgan fingerprint density at radius 1 is 1.21 bits per heavy atom. The third-order valence-corrected chi connectivity index (χ3v) is 4.42. The van der Waals surface area contributed by atoms with Crippen LogP contribution in [0.4, 0.5) is 5.69 Å². The maximum Gasteiger partial charge on any atom is 0.238 e. The van der Waals surface area contributed by atoms with Crippen LogP contribution in [0.1, 0.15) is 52.0 Å². The van der Waals surface area contributed by atoms with Gasteiger partial charge in [0.25, 0.3) is 0 Å². The summed E-state index contributed by atoms with van der Waals surface area (Å²) in [6.45, 7) is 11.8. The van der Waals surface area contributed by atoms with Crippen LogP contribution < -0.4 is 5.32 Å². The second-order valence-electron chi connectivity index (χ2n) is 7.49. The van der Waals surface area contributed by atoms with Gasteiger partial charge < -0.3 is 10.1 Å². The lowest BCUT2D eigenvalue weighted by atomic mass is 10.0. The van der Waals surface area contributed by atoms with Crippen molar-refractivity contribution in [1.82, 2.24) is 4.90 Å². The van der Waals surface area contributed by atoms with E-state index in [1.54, 1.807) is 0 Å². The van der Waals surface area contributed by atoms with Crippen LogP contribution in [0.5, 0.6) is 0 Å². The Morgan fingerprint density at radius 2 is 1.88 bits per heavy atom. The van der Waals surface area contributed by atoms with Crippen molar-refractivity contribution in [2.24, 2.45) is 5.92 Å². The van der Waals surface area contributed by atoms with E-state index in [0.29, 0.717) is 24.5 Å². The Morgan fingerprint density at radius 3 is 2.50 bits per heavy atom. The highest BCUT2D eigenvalue weighted by Crippen LogP contribution is 2.23. The lowest BCUT2D eigenvalue weighted by Gasteiger charge is -2.31. The monoisotopic (exact) mass is 332 g/mol. The molecule has 0 atom stereocenters. The second kappa shape index (κ2) is 9.19. The fourth-order valence-corrected chi connectivity index (χ4v) is 3.07. The number of nitrogens with zero attached hydrogens (tertiary/aromatic N) is 1. The first-order chi connectivity index (χ1) is 11.5. The quantitative estimate of drug-likeness (QED) is 0.824. The summed E-state index contributed by atoms with van der Waals surface area (Å²) < 4.78 is 5.91. The molecule has 1 heterocycles. The van der Waals surface area contributed by atoms with Crippen molar-refractivity contribution < 1.29 is 9.53 Å². The van der Waals surface area contributed by atoms with Gasteiger partial charge in [0, 0.05) is 25.4 Å². The Balaban J connectivity index is 1.78. The lowest BCUT2D eigenvalue weighted by molar-refractivity contribution is -0.118. The van der Waals surface area contributed by atoms with Crippen LogP contribution in [0.25, 0.3) is 0 Å². The minimum Gasteiger partial charge on any atom is -0.378 e. The number of amides is 1. The summed E-state index contributed by atoms with van der Waals surface area (Å²) in [6, 6.07) is 8.06. The van der Waals surface area contributed by atoms with Gasteiger partial charge in [-0.15, -0.1) is 0 Å². The summed E-state index contributed by atoms with van der Waals surface area (Å²) >= 11 is 0. The molecular formula is C20H32N2O2. The van der Waals surface area contributed by atoms with Crippen LogP contribution >= 0.6 is 0 Å². The van der Waals surface area contributed by atoms with Gasteiger partial charge in [-0.2, -0.15) is 0 Å². The normalized spacial score (nSPS) is 16.8. The Kier molecular flexibility index (Phi) is 7.25. The van der Waals surface area contributed by atoms with Crippen LogP contribution in [0.3, 0.4) is 0 Å². The van der Waals surface area contributed by atoms with Crippen molar-refractivity contribution in [2.75, 3.05) is 31.6 Å². The Labute approximate surface area is 146 Å². The van der Waals surface area contributed by atoms with Crippen LogP contribution in [0.2, 0.25) is 0 Å². The summed E-state index contributed by atoms with van der Waals surface area (Å²) in [5.74, 6) is 1.05. The van der Waals surface area contributed by atoms with Crippen molar-refractivity contribution >= 4 is 11.6 Å². The third kappa shape index (κ3) is 5.91. The first-order valence-corrected chi connectivity index (χ1v) is 9.18. The molecule has 4 nitrogen and oxygen atoms in total. The van der Waals surface area contributed by atoms with Crippen molar-refractivity contribution in [3.05, 3.63) is 29.8 Å². The smallest absolute Gasteiger partial charge is 0.238 e. The molecule has 0 unspecified atom stereocenters. The zero-order valence-corrected chi connectivity index (χ0v) is 15.5. The van der Waals surface area contributed by atoms with E-state index in [9.17, 15) is 4.79 Å². The maximum atomic E-state index is 12.4. The van der Waals surface area contributed by atoms with Gasteiger partial charge in [0.2, 0.25) is 5.91 Å². The number of carbonyl (C=O) groups excluding carboxylic acids is 1. The molecule has 0 spiro atoms. The molecule has 0 aromatic heterocycles. The topological polar surface area (TPSA) is 41.6 Å². The third-order valence-electron chi connectivity index (χ3n) is 4.42. The number of carbonyl (C=O) groups is 1. The highest BCUT2D eigenvalue weighted by molar-refractivity contribution is 5.93. The first kappa shape index (κ1) is 18.9. The summed E-state index contributed by atoms with van der Waals surface area (Å²) in [5, 5.41) is 3.08. The molecule has 1 amide bonds. The molecular weight excluding hydrogens is 300 g/mol. The number of hydrogen-bond donors (Lipinski definition) is 1. The van der Waals surface area contributed by atoms with Gasteiger partial charge in [-0.3, -0.25) is 9.69 Å². The predicted octanol–water partition coefficient (Wildman–Crippen LogP) is 3.89. The summed E-state index contributed by atoms with van der Waals surface area (Å²) in [5.41, 5.74) is 2.12. The molecule has 134 valence electrons. The molecule has 0 bridgehead atoms. The van der Waals surface area contributed by atoms with Crippen LogP contribution in [-0.2, 0) is 9.53 Å². The summed E-state index contributed by atoms with van der Waals surface area (Å²) in [7, 11) is 0. The van der Waals surface area contributed by atoms with Gasteiger partial charge in [-0.05, 0) is 36.3 Å². The molecule has 1 N–H and O–H groups in total. The molecule has 1 aromatic carbocycles. The maximum absolute atomic E-state index is 12.4. The molecule has 0 saturated carbocycles. The van der Waals surface area contributed by atoms with E-state index in [-0.39, 0.29) is 5.91 Å². The number of anilines is 1. The average Bonchev–Trinajstić information content (AvgIpc) is 2.54. The molecule has 1 saturated heterocycles. The number of para-hydroxylation sites is 1. The first-order valence-electron chi connectivity index (χ1n) is 9.18. The van der Waals surface area contributed by atoms with Gasteiger partial charge >= 0.3 is 0 Å². The number of piperidine rings is 1. The molecule has 0 radical (unpaired) electrons. The lowest BCUT2D eigenvalue weighted by Crippen LogP contribution is -2.41. The number of benzene rings is 1. The van der Waals surface area contributed by atoms with Gasteiger partial charge in [-0.1, -0.05) is 45.9 Å². The molecule has 1 aromatic rings. The largest absolute Gasteiger partial charge is 0.378 e. The van der Waals surface area contributed by atoms with E-state index >= 15 is 0 Å². The Bertz CT molecular complexity index is 520. The number of hydrogen-bond acceptors (Lipinski definition) is 3. The van der Waals surface area contributed by atoms with E-state index < -0.39 is 0 Å². The number of nitrogens with one attached hydrogen (secondary N) is 1. The van der Waals surface area contributed by atoms with Crippen molar-refractivity contribution in [2.45, 2.75) is 52.6 Å². The fraction of sp³-hybridized carbons (Fsp3) is 0.650. The zero-order chi connectivity index (χ0) is 17.5. The van der Waals surface area contributed by atoms with Crippen LogP contribution in [-0.4, -0.2) is 43.2 Å². The molecule has 1 aliphatic heterocycles. The number of likely N-dealkylation sites (tertiary alicyclic amines) is 1. The van der Waals surface area contributed by atoms with E-state index in [0.717, 1.165) is 38.2 Å². The molecule has 2 rings (SSSR count). The minimum absolute atomic E-state index is 0.0737. The molecule has 24 heavy (non-hydrogen) atoms. The van der Waals surface area contributed by atoms with Crippen LogP contribution in [0, 0.1) is 5.92 Å². The average molecular weight is 332 g/mol. The zero-order valence-electron chi connectivity index (χ0n) is 15.5. The van der Waals surface area contributed by atoms with Gasteiger partial charge in [0.1, 0.15) is 0 Å². The van der Waals surface area contributed by atoms with Crippen molar-refractivity contribution in [3.63, 3.8) is 0 Å². The Hall–Kier alpha value is -1.39. The van der Waals surface area contributed by atoms with Gasteiger partial charge in [-0.25, -0.2) is 0 Å². The second-order valence-corrected chi connectivity index (χ2v) is 7.49. The van der Waals surface area contributed by atoms with Gasteiger partial charge in [0.05, 0.1) is 12.6 Å². The van der Waals surface area contributed by atoms with E-state index in [2.05, 4.69) is 44.0 Å². The van der Waals surface area contributed by atoms with Gasteiger partial charge in [0.15, 0.2) is 0 Å². The minimum atomic E-state index is 0.0737. The van der Waals surface area contributed by atoms with E-state index in [1.807, 2.05) is 18.2 Å². The van der Waals surface area contributed by atoms with Crippen LogP contribution in [0.15, 0.2) is 24.3 Å². The fourth-order valence-electron chi connectivity index (χ4n) is 3.07. The molecule has 4 heteroatoms. The highest BCUT2D eigenvalue weighted by atomic mass is 16.5. The number of ether oxygens (including phenoxy) is 1. The molecule has 1 aliphatic rings. The molecule has 0 aliphatic carbocycles.